The van der Waals surface area contributed by atoms with Crippen molar-refractivity contribution >= 4 is 16.9 Å². The fourth-order valence-corrected chi connectivity index (χ4v) is 3.14. The molecule has 0 spiro atoms. The maximum atomic E-state index is 12.8. The highest BCUT2D eigenvalue weighted by Gasteiger charge is 2.29. The van der Waals surface area contributed by atoms with Crippen molar-refractivity contribution in [2.45, 2.75) is 6.18 Å². The molecule has 6 heteroatoms. The zero-order valence-electron chi connectivity index (χ0n) is 16.3. The Labute approximate surface area is 176 Å². The predicted octanol–water partition coefficient (Wildman–Crippen LogP) is 6.31. The van der Waals surface area contributed by atoms with Gasteiger partial charge in [0.15, 0.2) is 5.76 Å². The molecule has 0 aliphatic heterocycles. The molecular formula is C25H15F3O3. The van der Waals surface area contributed by atoms with Gasteiger partial charge >= 0.3 is 12.1 Å². The molecule has 4 rings (SSSR count). The number of hydrogen-bond acceptors (Lipinski definition) is 3. The molecule has 31 heavy (non-hydrogen) atoms. The van der Waals surface area contributed by atoms with Gasteiger partial charge < -0.3 is 9.15 Å². The number of rotatable bonds is 2. The van der Waals surface area contributed by atoms with Gasteiger partial charge in [0.25, 0.3) is 0 Å². The van der Waals surface area contributed by atoms with Gasteiger partial charge in [-0.2, -0.15) is 13.2 Å². The molecule has 0 amide bonds. The van der Waals surface area contributed by atoms with E-state index < -0.39 is 17.7 Å². The molecule has 3 nitrogen and oxygen atoms in total. The summed E-state index contributed by atoms with van der Waals surface area (Å²) >= 11 is 0. The summed E-state index contributed by atoms with van der Waals surface area (Å²) in [6.45, 7) is 0. The van der Waals surface area contributed by atoms with Crippen molar-refractivity contribution in [1.82, 2.24) is 0 Å². The van der Waals surface area contributed by atoms with E-state index in [4.69, 9.17) is 9.15 Å². The van der Waals surface area contributed by atoms with Gasteiger partial charge in [0.05, 0.1) is 23.8 Å². The van der Waals surface area contributed by atoms with Crippen molar-refractivity contribution < 1.29 is 27.1 Å². The monoisotopic (exact) mass is 420 g/mol. The van der Waals surface area contributed by atoms with Crippen LogP contribution >= 0.6 is 0 Å². The van der Waals surface area contributed by atoms with Crippen LogP contribution in [0.1, 0.15) is 27.0 Å². The van der Waals surface area contributed by atoms with E-state index >= 15 is 0 Å². The molecule has 3 aromatic carbocycles. The second-order valence-electron chi connectivity index (χ2n) is 6.70. The summed E-state index contributed by atoms with van der Waals surface area (Å²) in [6.07, 6.45) is -4.40. The lowest BCUT2D eigenvalue weighted by molar-refractivity contribution is -0.137. The Kier molecular flexibility index (Phi) is 5.26. The fraction of sp³-hybridized carbons (Fsp3) is 0.0800. The molecule has 1 aromatic heterocycles. The zero-order chi connectivity index (χ0) is 22.0. The van der Waals surface area contributed by atoms with Crippen molar-refractivity contribution in [3.05, 3.63) is 95.1 Å². The van der Waals surface area contributed by atoms with E-state index in [0.29, 0.717) is 33.4 Å². The summed E-state index contributed by atoms with van der Waals surface area (Å²) in [5.41, 5.74) is 1.87. The van der Waals surface area contributed by atoms with Crippen LogP contribution in [0.25, 0.3) is 22.3 Å². The molecule has 0 atom stereocenters. The van der Waals surface area contributed by atoms with E-state index in [1.807, 2.05) is 30.3 Å². The molecule has 0 unspecified atom stereocenters. The first-order valence-electron chi connectivity index (χ1n) is 9.26. The number of alkyl halides is 3. The number of hydrogen-bond donors (Lipinski definition) is 0. The Balaban J connectivity index is 1.83. The number of benzene rings is 3. The molecule has 4 aromatic rings. The number of methoxy groups -OCH3 is 1. The maximum Gasteiger partial charge on any atom is 0.416 e. The van der Waals surface area contributed by atoms with Gasteiger partial charge in [-0.3, -0.25) is 0 Å². The Morgan fingerprint density at radius 1 is 0.935 bits per heavy atom. The van der Waals surface area contributed by atoms with E-state index in [-0.39, 0.29) is 0 Å². The van der Waals surface area contributed by atoms with Crippen LogP contribution in [0.2, 0.25) is 0 Å². The summed E-state index contributed by atoms with van der Waals surface area (Å²) in [7, 11) is 1.30. The summed E-state index contributed by atoms with van der Waals surface area (Å²) in [6, 6.07) is 18.9. The normalized spacial score (nSPS) is 11.1. The quantitative estimate of drug-likeness (QED) is 0.282. The minimum atomic E-state index is -4.40. The van der Waals surface area contributed by atoms with Crippen LogP contribution < -0.4 is 0 Å². The molecule has 1 heterocycles. The van der Waals surface area contributed by atoms with Crippen molar-refractivity contribution in [3.8, 4) is 23.2 Å². The van der Waals surface area contributed by atoms with Crippen LogP contribution in [0.5, 0.6) is 0 Å². The maximum absolute atomic E-state index is 12.8. The standard InChI is InChI=1S/C25H15F3O3/c1-30-24(29)18-10-14-20-21(13-9-16-7-11-19(12-8-16)25(26,27)28)23(31-22(20)15-18)17-5-3-2-4-6-17/h2-8,10-12,14-15H,1H3. The SMILES string of the molecule is COC(=O)c1ccc2c(C#Cc3ccc(C(F)(F)F)cc3)c(-c3ccccc3)oc2c1. The molecule has 0 bridgehead atoms. The number of ether oxygens (including phenoxy) is 1. The van der Waals surface area contributed by atoms with Gasteiger partial charge in [-0.1, -0.05) is 42.2 Å². The number of fused-ring (bicyclic) bond motifs is 1. The molecule has 0 radical (unpaired) electrons. The largest absolute Gasteiger partial charge is 0.465 e. The summed E-state index contributed by atoms with van der Waals surface area (Å²) in [4.78, 5) is 11.9. The molecule has 0 N–H and O–H groups in total. The van der Waals surface area contributed by atoms with Gasteiger partial charge in [-0.15, -0.1) is 0 Å². The lowest BCUT2D eigenvalue weighted by Crippen LogP contribution is -2.04. The number of carbonyl (C=O) groups excluding carboxylic acids is 1. The second-order valence-corrected chi connectivity index (χ2v) is 6.70. The Morgan fingerprint density at radius 2 is 1.65 bits per heavy atom. The average molecular weight is 420 g/mol. The molecule has 0 saturated heterocycles. The molecule has 0 saturated carbocycles. The van der Waals surface area contributed by atoms with Crippen molar-refractivity contribution in [2.24, 2.45) is 0 Å². The topological polar surface area (TPSA) is 39.4 Å². The minimum absolute atomic E-state index is 0.339. The molecular weight excluding hydrogens is 405 g/mol. The number of halogens is 3. The molecule has 154 valence electrons. The lowest BCUT2D eigenvalue weighted by atomic mass is 10.0. The average Bonchev–Trinajstić information content (AvgIpc) is 3.15. The Morgan fingerprint density at radius 3 is 2.29 bits per heavy atom. The van der Waals surface area contributed by atoms with Crippen LogP contribution in [0.3, 0.4) is 0 Å². The van der Waals surface area contributed by atoms with Crippen molar-refractivity contribution in [2.75, 3.05) is 7.11 Å². The van der Waals surface area contributed by atoms with Crippen molar-refractivity contribution in [1.29, 1.82) is 0 Å². The summed E-state index contributed by atoms with van der Waals surface area (Å²) < 4.78 is 49.1. The zero-order valence-corrected chi connectivity index (χ0v) is 16.3. The second kappa shape index (κ2) is 8.04. The molecule has 0 fully saturated rings. The van der Waals surface area contributed by atoms with Crippen LogP contribution in [0, 0.1) is 11.8 Å². The first kappa shape index (κ1) is 20.3. The summed E-state index contributed by atoms with van der Waals surface area (Å²) in [5, 5.41) is 0.686. The minimum Gasteiger partial charge on any atom is -0.465 e. The number of esters is 1. The van der Waals surface area contributed by atoms with Gasteiger partial charge in [0, 0.05) is 16.5 Å². The fourth-order valence-electron chi connectivity index (χ4n) is 3.14. The van der Waals surface area contributed by atoms with Crippen molar-refractivity contribution in [3.63, 3.8) is 0 Å². The van der Waals surface area contributed by atoms with E-state index in [1.54, 1.807) is 18.2 Å². The van der Waals surface area contributed by atoms with E-state index in [1.165, 1.54) is 19.2 Å². The van der Waals surface area contributed by atoms with E-state index in [9.17, 15) is 18.0 Å². The van der Waals surface area contributed by atoms with Crippen LogP contribution in [-0.4, -0.2) is 13.1 Å². The third-order valence-electron chi connectivity index (χ3n) is 4.69. The van der Waals surface area contributed by atoms with Crippen LogP contribution in [0.4, 0.5) is 13.2 Å². The smallest absolute Gasteiger partial charge is 0.416 e. The van der Waals surface area contributed by atoms with Gasteiger partial charge in [0.2, 0.25) is 0 Å². The molecule has 0 aliphatic carbocycles. The van der Waals surface area contributed by atoms with Gasteiger partial charge in [-0.05, 0) is 42.5 Å². The first-order chi connectivity index (χ1) is 14.9. The van der Waals surface area contributed by atoms with E-state index in [0.717, 1.165) is 17.7 Å². The van der Waals surface area contributed by atoms with E-state index in [2.05, 4.69) is 11.8 Å². The summed E-state index contributed by atoms with van der Waals surface area (Å²) in [5.74, 6) is 5.96. The Bertz CT molecular complexity index is 1310. The first-order valence-corrected chi connectivity index (χ1v) is 9.26. The molecule has 0 aliphatic rings. The number of carbonyl (C=O) groups is 1. The van der Waals surface area contributed by atoms with Crippen LogP contribution in [0.15, 0.2) is 77.2 Å². The lowest BCUT2D eigenvalue weighted by Gasteiger charge is -2.05. The third kappa shape index (κ3) is 4.17. The van der Waals surface area contributed by atoms with Gasteiger partial charge in [0.1, 0.15) is 5.58 Å². The third-order valence-corrected chi connectivity index (χ3v) is 4.69. The highest BCUT2D eigenvalue weighted by molar-refractivity contribution is 5.97. The van der Waals surface area contributed by atoms with Crippen LogP contribution in [-0.2, 0) is 10.9 Å². The van der Waals surface area contributed by atoms with Gasteiger partial charge in [-0.25, -0.2) is 4.79 Å². The number of furan rings is 1. The Hall–Kier alpha value is -3.98. The highest BCUT2D eigenvalue weighted by Crippen LogP contribution is 2.34. The predicted molar refractivity (Wildman–Crippen MR) is 110 cm³/mol. The highest BCUT2D eigenvalue weighted by atomic mass is 19.4.